The maximum atomic E-state index is 12.2. The average molecular weight is 303 g/mol. The second-order valence-corrected chi connectivity index (χ2v) is 4.63. The van der Waals surface area contributed by atoms with E-state index in [4.69, 9.17) is 9.47 Å². The van der Waals surface area contributed by atoms with Crippen molar-refractivity contribution in [1.29, 1.82) is 0 Å². The Morgan fingerprint density at radius 2 is 1.91 bits per heavy atom. The van der Waals surface area contributed by atoms with Gasteiger partial charge in [-0.3, -0.25) is 4.79 Å². The molecule has 22 heavy (non-hydrogen) atoms. The molecular weight excluding hydrogens is 286 g/mol. The Balaban J connectivity index is 2.72. The van der Waals surface area contributed by atoms with Crippen LogP contribution in [0.4, 0.5) is 0 Å². The van der Waals surface area contributed by atoms with Gasteiger partial charge in [0.25, 0.3) is 5.56 Å². The average Bonchev–Trinajstić information content (AvgIpc) is 2.50. The minimum atomic E-state index is -0.722. The number of aryl methyl sites for hydroxylation is 1. The summed E-state index contributed by atoms with van der Waals surface area (Å²) in [7, 11) is 2.94. The molecule has 1 heterocycles. The number of aromatic nitrogens is 1. The Hall–Kier alpha value is -2.76. The first-order valence-corrected chi connectivity index (χ1v) is 6.73. The molecule has 0 aliphatic carbocycles. The number of phenolic OH excluding ortho intramolecular Hbond substituents is 1. The third kappa shape index (κ3) is 2.81. The van der Waals surface area contributed by atoms with Crippen molar-refractivity contribution in [2.45, 2.75) is 6.92 Å². The Kier molecular flexibility index (Phi) is 4.50. The summed E-state index contributed by atoms with van der Waals surface area (Å²) in [4.78, 5) is 24.3. The van der Waals surface area contributed by atoms with Gasteiger partial charge in [0, 0.05) is 18.8 Å². The van der Waals surface area contributed by atoms with Gasteiger partial charge in [0.05, 0.1) is 13.7 Å². The molecule has 0 fully saturated rings. The largest absolute Gasteiger partial charge is 0.508 e. The summed E-state index contributed by atoms with van der Waals surface area (Å²) < 4.78 is 11.5. The van der Waals surface area contributed by atoms with Gasteiger partial charge >= 0.3 is 5.97 Å². The molecule has 6 nitrogen and oxygen atoms in total. The summed E-state index contributed by atoms with van der Waals surface area (Å²) in [5.41, 5.74) is 0.638. The number of aromatic hydroxyl groups is 1. The van der Waals surface area contributed by atoms with Gasteiger partial charge in [0.15, 0.2) is 5.56 Å². The van der Waals surface area contributed by atoms with Crippen molar-refractivity contribution in [1.82, 2.24) is 4.57 Å². The molecule has 0 bridgehead atoms. The number of benzene rings is 1. The molecule has 1 N–H and O–H groups in total. The number of nitrogens with zero attached hydrogens (tertiary/aromatic N) is 1. The first-order chi connectivity index (χ1) is 10.5. The summed E-state index contributed by atoms with van der Waals surface area (Å²) in [6, 6.07) is 6.38. The molecule has 0 radical (unpaired) electrons. The lowest BCUT2D eigenvalue weighted by atomic mass is 10.0. The van der Waals surface area contributed by atoms with Gasteiger partial charge < -0.3 is 19.1 Å². The molecule has 0 aliphatic rings. The zero-order valence-electron chi connectivity index (χ0n) is 12.6. The van der Waals surface area contributed by atoms with Gasteiger partial charge in [-0.1, -0.05) is 12.1 Å². The number of esters is 1. The molecule has 2 aromatic rings. The quantitative estimate of drug-likeness (QED) is 0.873. The summed E-state index contributed by atoms with van der Waals surface area (Å²) in [5, 5.41) is 9.38. The van der Waals surface area contributed by atoms with Gasteiger partial charge in [-0.15, -0.1) is 0 Å². The number of carbonyl (C=O) groups is 1. The summed E-state index contributed by atoms with van der Waals surface area (Å²) in [6.45, 7) is 1.83. The van der Waals surface area contributed by atoms with E-state index in [0.29, 0.717) is 11.1 Å². The predicted octanol–water partition coefficient (Wildman–Crippen LogP) is 1.94. The van der Waals surface area contributed by atoms with E-state index < -0.39 is 11.5 Å². The fraction of sp³-hybridized carbons (Fsp3) is 0.250. The van der Waals surface area contributed by atoms with Crippen molar-refractivity contribution in [3.05, 3.63) is 46.4 Å². The zero-order chi connectivity index (χ0) is 16.3. The fourth-order valence-electron chi connectivity index (χ4n) is 2.16. The van der Waals surface area contributed by atoms with Crippen LogP contribution in [0.2, 0.25) is 0 Å². The molecule has 0 saturated heterocycles. The van der Waals surface area contributed by atoms with Crippen LogP contribution in [0.25, 0.3) is 11.1 Å². The standard InChI is InChI=1S/C16H17NO5/c1-4-22-16(20)13-14(21-3)12(9-17(2)15(13)19)10-5-7-11(18)8-6-10/h5-9,18H,4H2,1-3H3. The van der Waals surface area contributed by atoms with Crippen molar-refractivity contribution in [2.75, 3.05) is 13.7 Å². The molecule has 2 rings (SSSR count). The molecule has 0 unspecified atom stereocenters. The van der Waals surface area contributed by atoms with E-state index >= 15 is 0 Å². The van der Waals surface area contributed by atoms with Crippen molar-refractivity contribution >= 4 is 5.97 Å². The predicted molar refractivity (Wildman–Crippen MR) is 81.3 cm³/mol. The number of rotatable bonds is 4. The topological polar surface area (TPSA) is 77.8 Å². The first kappa shape index (κ1) is 15.6. The highest BCUT2D eigenvalue weighted by atomic mass is 16.5. The summed E-state index contributed by atoms with van der Waals surface area (Å²) in [6.07, 6.45) is 1.58. The Morgan fingerprint density at radius 1 is 1.27 bits per heavy atom. The molecule has 0 amide bonds. The zero-order valence-corrected chi connectivity index (χ0v) is 12.6. The van der Waals surface area contributed by atoms with Gasteiger partial charge in [0.2, 0.25) is 0 Å². The number of pyridine rings is 1. The third-order valence-corrected chi connectivity index (χ3v) is 3.19. The monoisotopic (exact) mass is 303 g/mol. The Bertz CT molecular complexity index is 746. The van der Waals surface area contributed by atoms with E-state index in [0.717, 1.165) is 0 Å². The maximum Gasteiger partial charge on any atom is 0.347 e. The van der Waals surface area contributed by atoms with E-state index in [9.17, 15) is 14.7 Å². The molecule has 116 valence electrons. The smallest absolute Gasteiger partial charge is 0.347 e. The summed E-state index contributed by atoms with van der Waals surface area (Å²) >= 11 is 0. The number of hydrogen-bond donors (Lipinski definition) is 1. The molecule has 0 aliphatic heterocycles. The van der Waals surface area contributed by atoms with Crippen LogP contribution in [0, 0.1) is 0 Å². The Morgan fingerprint density at radius 3 is 2.45 bits per heavy atom. The van der Waals surface area contributed by atoms with Gasteiger partial charge in [0.1, 0.15) is 11.5 Å². The highest BCUT2D eigenvalue weighted by Gasteiger charge is 2.23. The van der Waals surface area contributed by atoms with Crippen molar-refractivity contribution in [3.63, 3.8) is 0 Å². The molecule has 0 atom stereocenters. The minimum absolute atomic E-state index is 0.123. The number of methoxy groups -OCH3 is 1. The molecule has 0 spiro atoms. The number of phenols is 1. The van der Waals surface area contributed by atoms with E-state index in [1.165, 1.54) is 23.8 Å². The molecule has 6 heteroatoms. The maximum absolute atomic E-state index is 12.2. The Labute approximate surface area is 127 Å². The lowest BCUT2D eigenvalue weighted by Gasteiger charge is -2.14. The van der Waals surface area contributed by atoms with Crippen molar-refractivity contribution in [3.8, 4) is 22.6 Å². The molecule has 1 aromatic heterocycles. The van der Waals surface area contributed by atoms with E-state index in [2.05, 4.69) is 0 Å². The van der Waals surface area contributed by atoms with Crippen LogP contribution in [0.3, 0.4) is 0 Å². The van der Waals surface area contributed by atoms with E-state index in [1.807, 2.05) is 0 Å². The fourth-order valence-corrected chi connectivity index (χ4v) is 2.16. The van der Waals surface area contributed by atoms with Crippen LogP contribution < -0.4 is 10.3 Å². The highest BCUT2D eigenvalue weighted by molar-refractivity contribution is 5.95. The molecule has 0 saturated carbocycles. The second kappa shape index (κ2) is 6.34. The van der Waals surface area contributed by atoms with Crippen LogP contribution in [-0.4, -0.2) is 29.4 Å². The van der Waals surface area contributed by atoms with Crippen LogP contribution in [-0.2, 0) is 11.8 Å². The summed E-state index contributed by atoms with van der Waals surface area (Å²) in [5.74, 6) is -0.439. The lowest BCUT2D eigenvalue weighted by Crippen LogP contribution is -2.26. The number of hydrogen-bond acceptors (Lipinski definition) is 5. The van der Waals surface area contributed by atoms with Crippen LogP contribution in [0.1, 0.15) is 17.3 Å². The van der Waals surface area contributed by atoms with Crippen LogP contribution in [0.5, 0.6) is 11.5 Å². The number of ether oxygens (including phenoxy) is 2. The SMILES string of the molecule is CCOC(=O)c1c(OC)c(-c2ccc(O)cc2)cn(C)c1=O. The molecule has 1 aromatic carbocycles. The minimum Gasteiger partial charge on any atom is -0.508 e. The van der Waals surface area contributed by atoms with Crippen molar-refractivity contribution in [2.24, 2.45) is 7.05 Å². The van der Waals surface area contributed by atoms with Gasteiger partial charge in [-0.25, -0.2) is 4.79 Å². The van der Waals surface area contributed by atoms with E-state index in [-0.39, 0.29) is 23.7 Å². The second-order valence-electron chi connectivity index (χ2n) is 4.63. The van der Waals surface area contributed by atoms with Gasteiger partial charge in [-0.05, 0) is 24.6 Å². The third-order valence-electron chi connectivity index (χ3n) is 3.19. The lowest BCUT2D eigenvalue weighted by molar-refractivity contribution is 0.0520. The highest BCUT2D eigenvalue weighted by Crippen LogP contribution is 2.32. The van der Waals surface area contributed by atoms with Gasteiger partial charge in [-0.2, -0.15) is 0 Å². The number of carbonyl (C=O) groups excluding carboxylic acids is 1. The van der Waals surface area contributed by atoms with Crippen molar-refractivity contribution < 1.29 is 19.4 Å². The molecular formula is C16H17NO5. The van der Waals surface area contributed by atoms with E-state index in [1.54, 1.807) is 32.3 Å². The van der Waals surface area contributed by atoms with Crippen LogP contribution >= 0.6 is 0 Å². The normalized spacial score (nSPS) is 10.3. The first-order valence-electron chi connectivity index (χ1n) is 6.73. The van der Waals surface area contributed by atoms with Crippen LogP contribution in [0.15, 0.2) is 35.3 Å².